The summed E-state index contributed by atoms with van der Waals surface area (Å²) in [4.78, 5) is 7.59. The van der Waals surface area contributed by atoms with E-state index < -0.39 is 8.07 Å². The van der Waals surface area contributed by atoms with E-state index in [1.54, 1.807) is 0 Å². The van der Waals surface area contributed by atoms with Crippen molar-refractivity contribution in [2.24, 2.45) is 0 Å². The van der Waals surface area contributed by atoms with Crippen molar-refractivity contribution in [3.8, 4) is 11.1 Å². The molecule has 3 nitrogen and oxygen atoms in total. The number of fused-ring (bicyclic) bond motifs is 6. The maximum absolute atomic E-state index is 2.96. The molecule has 10 aromatic carbocycles. The third kappa shape index (κ3) is 5.62. The minimum atomic E-state index is -2.96. The van der Waals surface area contributed by atoms with Crippen molar-refractivity contribution in [2.75, 3.05) is 14.7 Å². The fourth-order valence-electron chi connectivity index (χ4n) is 11.3. The zero-order valence-corrected chi connectivity index (χ0v) is 36.7. The largest absolute Gasteiger partial charge is 0.311 e. The Labute approximate surface area is 381 Å². The van der Waals surface area contributed by atoms with E-state index in [1.807, 2.05) is 0 Å². The molecule has 0 fully saturated rings. The molecular formula is C60H42BN3Si. The van der Waals surface area contributed by atoms with E-state index in [4.69, 9.17) is 0 Å². The van der Waals surface area contributed by atoms with E-state index in [0.717, 1.165) is 17.1 Å². The molecule has 65 heavy (non-hydrogen) atoms. The number of hydrogen-bond acceptors (Lipinski definition) is 3. The summed E-state index contributed by atoms with van der Waals surface area (Å²) in [5.41, 5.74) is 16.9. The van der Waals surface area contributed by atoms with Gasteiger partial charge in [0.05, 0.1) is 5.69 Å². The molecule has 0 N–H and O–H groups in total. The van der Waals surface area contributed by atoms with Crippen LogP contribution in [0.3, 0.4) is 0 Å². The maximum Gasteiger partial charge on any atom is 0.252 e. The molecule has 0 saturated heterocycles. The molecule has 13 rings (SSSR count). The van der Waals surface area contributed by atoms with Crippen LogP contribution < -0.4 is 51.8 Å². The monoisotopic (exact) mass is 843 g/mol. The molecule has 5 heteroatoms. The molecular weight excluding hydrogens is 802 g/mol. The van der Waals surface area contributed by atoms with Crippen LogP contribution in [-0.2, 0) is 0 Å². The molecule has 0 aromatic heterocycles. The number of rotatable bonds is 6. The highest BCUT2D eigenvalue weighted by atomic mass is 28.3. The first-order valence-corrected chi connectivity index (χ1v) is 24.6. The van der Waals surface area contributed by atoms with Crippen molar-refractivity contribution in [3.05, 3.63) is 255 Å². The van der Waals surface area contributed by atoms with Gasteiger partial charge < -0.3 is 14.7 Å². The van der Waals surface area contributed by atoms with Gasteiger partial charge in [-0.1, -0.05) is 194 Å². The number of para-hydroxylation sites is 5. The minimum absolute atomic E-state index is 0.0342. The predicted molar refractivity (Wildman–Crippen MR) is 278 cm³/mol. The van der Waals surface area contributed by atoms with E-state index in [9.17, 15) is 0 Å². The first-order chi connectivity index (χ1) is 32.3. The Bertz CT molecular complexity index is 3250. The molecule has 3 aliphatic rings. The second kappa shape index (κ2) is 15.0. The van der Waals surface area contributed by atoms with Gasteiger partial charge in [0.15, 0.2) is 8.07 Å². The molecule has 0 bridgehead atoms. The zero-order valence-electron chi connectivity index (χ0n) is 35.7. The van der Waals surface area contributed by atoms with Gasteiger partial charge in [-0.3, -0.25) is 0 Å². The highest BCUT2D eigenvalue weighted by Crippen LogP contribution is 2.48. The Hall–Kier alpha value is -8.12. The predicted octanol–water partition coefficient (Wildman–Crippen LogP) is 10.6. The van der Waals surface area contributed by atoms with Crippen molar-refractivity contribution in [3.63, 3.8) is 0 Å². The van der Waals surface area contributed by atoms with Crippen LogP contribution in [0.15, 0.2) is 255 Å². The van der Waals surface area contributed by atoms with Gasteiger partial charge in [0.2, 0.25) is 0 Å². The van der Waals surface area contributed by atoms with Crippen LogP contribution in [0.25, 0.3) is 11.1 Å². The lowest BCUT2D eigenvalue weighted by atomic mass is 9.33. The minimum Gasteiger partial charge on any atom is -0.311 e. The van der Waals surface area contributed by atoms with Gasteiger partial charge in [-0.25, -0.2) is 0 Å². The number of hydrogen-bond donors (Lipinski definition) is 0. The fourth-order valence-corrected chi connectivity index (χ4v) is 16.4. The number of benzene rings is 10. The molecule has 304 valence electrons. The van der Waals surface area contributed by atoms with Gasteiger partial charge in [-0.15, -0.1) is 0 Å². The van der Waals surface area contributed by atoms with Crippen molar-refractivity contribution < 1.29 is 0 Å². The van der Waals surface area contributed by atoms with Crippen LogP contribution in [0.4, 0.5) is 51.2 Å². The first-order valence-electron chi connectivity index (χ1n) is 22.6. The normalized spacial score (nSPS) is 13.8. The molecule has 0 aliphatic carbocycles. The standard InChI is InChI=1S/C60H42BN3Si/c1-6-22-43(23-7-1)44-38-39-55-59(40-44)65(48-28-12-4-13-29-48,49-30-14-5-15-31-49)58-37-21-20-36-54(58)64(55)47-41-56-60-57(42-47)63(46-26-10-3-11-27-46)53-35-19-17-33-51(53)61(60)50-32-16-18-34-52(50)62(56)45-24-8-2-9-25-45/h1-42H. The van der Waals surface area contributed by atoms with Crippen LogP contribution in [0.2, 0.25) is 0 Å². The fraction of sp³-hybridized carbons (Fsp3) is 0. The molecule has 0 atom stereocenters. The van der Waals surface area contributed by atoms with Gasteiger partial charge >= 0.3 is 0 Å². The van der Waals surface area contributed by atoms with E-state index in [0.29, 0.717) is 0 Å². The van der Waals surface area contributed by atoms with Crippen LogP contribution >= 0.6 is 0 Å². The highest BCUT2D eigenvalue weighted by Gasteiger charge is 2.50. The Morgan fingerprint density at radius 3 is 1.23 bits per heavy atom. The van der Waals surface area contributed by atoms with Gasteiger partial charge in [0, 0.05) is 45.5 Å². The summed E-state index contributed by atoms with van der Waals surface area (Å²) in [6.07, 6.45) is 0. The van der Waals surface area contributed by atoms with Gasteiger partial charge in [-0.2, -0.15) is 0 Å². The molecule has 3 aliphatic heterocycles. The average molecular weight is 844 g/mol. The smallest absolute Gasteiger partial charge is 0.252 e. The van der Waals surface area contributed by atoms with Crippen molar-refractivity contribution >= 4 is 103 Å². The number of anilines is 9. The zero-order chi connectivity index (χ0) is 42.9. The third-order valence-corrected chi connectivity index (χ3v) is 18.7. The van der Waals surface area contributed by atoms with Gasteiger partial charge in [0.1, 0.15) is 0 Å². The summed E-state index contributed by atoms with van der Waals surface area (Å²) in [5.74, 6) is 0. The second-order valence-corrected chi connectivity index (χ2v) is 21.0. The lowest BCUT2D eigenvalue weighted by Crippen LogP contribution is -2.77. The first kappa shape index (κ1) is 37.4. The van der Waals surface area contributed by atoms with E-state index in [1.165, 1.54) is 82.4 Å². The topological polar surface area (TPSA) is 9.72 Å². The summed E-state index contributed by atoms with van der Waals surface area (Å²) in [7, 11) is -2.96. The SMILES string of the molecule is c1ccc(-c2ccc3c(c2)[Si](c2ccccc2)(c2ccccc2)c2ccccc2N3c2cc3c4c(c2)N(c2ccccc2)c2ccccc2B4c2ccccc2N3c2ccccc2)cc1. The third-order valence-electron chi connectivity index (χ3n) is 13.9. The number of nitrogens with zero attached hydrogens (tertiary/aromatic N) is 3. The molecule has 0 amide bonds. The average Bonchev–Trinajstić information content (AvgIpc) is 3.39. The second-order valence-electron chi connectivity index (χ2n) is 17.2. The molecule has 0 radical (unpaired) electrons. The van der Waals surface area contributed by atoms with Crippen LogP contribution in [0.1, 0.15) is 0 Å². The van der Waals surface area contributed by atoms with Gasteiger partial charge in [0.25, 0.3) is 6.71 Å². The lowest BCUT2D eigenvalue weighted by molar-refractivity contribution is 1.23. The summed E-state index contributed by atoms with van der Waals surface area (Å²) in [6.45, 7) is 0.0342. The Morgan fingerprint density at radius 2 is 0.692 bits per heavy atom. The van der Waals surface area contributed by atoms with Crippen LogP contribution in [0.5, 0.6) is 0 Å². The van der Waals surface area contributed by atoms with Crippen molar-refractivity contribution in [2.45, 2.75) is 0 Å². The summed E-state index contributed by atoms with van der Waals surface area (Å²) < 4.78 is 0. The molecule has 0 saturated carbocycles. The molecule has 0 spiro atoms. The molecule has 3 heterocycles. The molecule has 0 unspecified atom stereocenters. The van der Waals surface area contributed by atoms with Crippen molar-refractivity contribution in [1.29, 1.82) is 0 Å². The summed E-state index contributed by atoms with van der Waals surface area (Å²) in [6, 6.07) is 95.0. The Balaban J connectivity index is 1.16. The summed E-state index contributed by atoms with van der Waals surface area (Å²) in [5, 5.41) is 5.48. The van der Waals surface area contributed by atoms with Crippen molar-refractivity contribution in [1.82, 2.24) is 0 Å². The van der Waals surface area contributed by atoms with Crippen LogP contribution in [0, 0.1) is 0 Å². The maximum atomic E-state index is 2.58. The van der Waals surface area contributed by atoms with E-state index in [-0.39, 0.29) is 6.71 Å². The quantitative estimate of drug-likeness (QED) is 0.154. The Morgan fingerprint density at radius 1 is 0.277 bits per heavy atom. The lowest BCUT2D eigenvalue weighted by Gasteiger charge is -2.47. The van der Waals surface area contributed by atoms with E-state index >= 15 is 0 Å². The van der Waals surface area contributed by atoms with E-state index in [2.05, 4.69) is 269 Å². The van der Waals surface area contributed by atoms with Crippen LogP contribution in [-0.4, -0.2) is 14.8 Å². The van der Waals surface area contributed by atoms with Gasteiger partial charge in [-0.05, 0) is 109 Å². The summed E-state index contributed by atoms with van der Waals surface area (Å²) >= 11 is 0. The highest BCUT2D eigenvalue weighted by molar-refractivity contribution is 7.21. The Kier molecular flexibility index (Phi) is 8.65. The molecule has 10 aromatic rings.